The molecule has 3 aromatic heterocycles. The van der Waals surface area contributed by atoms with Crippen LogP contribution in [-0.2, 0) is 13.0 Å². The number of nitrogens with zero attached hydrogens (tertiary/aromatic N) is 2. The van der Waals surface area contributed by atoms with E-state index < -0.39 is 0 Å². The van der Waals surface area contributed by atoms with E-state index in [4.69, 9.17) is 4.98 Å². The molecule has 0 aliphatic heterocycles. The lowest BCUT2D eigenvalue weighted by Gasteiger charge is -2.06. The standard InChI is InChI=1S/C25H22N4S/c1-2-9-22-21(8-1)28-25(29-22)24-11-10-23(30-24)20-7-3-5-19(15-20)17-27-14-12-18-6-4-13-26-16-18/h1-11,13,15-16,27H,12,14,17H2,(H,28,29). The third kappa shape index (κ3) is 4.17. The third-order valence-corrected chi connectivity index (χ3v) is 6.22. The first-order valence-corrected chi connectivity index (χ1v) is 10.9. The summed E-state index contributed by atoms with van der Waals surface area (Å²) in [7, 11) is 0. The molecule has 0 aliphatic rings. The van der Waals surface area contributed by atoms with Gasteiger partial charge < -0.3 is 10.3 Å². The minimum atomic E-state index is 0.857. The average Bonchev–Trinajstić information content (AvgIpc) is 3.45. The summed E-state index contributed by atoms with van der Waals surface area (Å²) in [6, 6.07) is 25.3. The van der Waals surface area contributed by atoms with Crippen LogP contribution in [0.15, 0.2) is 85.2 Å². The summed E-state index contributed by atoms with van der Waals surface area (Å²) < 4.78 is 0. The monoisotopic (exact) mass is 410 g/mol. The Balaban J connectivity index is 1.26. The van der Waals surface area contributed by atoms with Gasteiger partial charge in [0.2, 0.25) is 0 Å². The fourth-order valence-corrected chi connectivity index (χ4v) is 4.48. The molecule has 0 fully saturated rings. The van der Waals surface area contributed by atoms with Crippen LogP contribution in [-0.4, -0.2) is 21.5 Å². The number of nitrogens with one attached hydrogen (secondary N) is 2. The highest BCUT2D eigenvalue weighted by Gasteiger charge is 2.09. The van der Waals surface area contributed by atoms with E-state index in [-0.39, 0.29) is 0 Å². The van der Waals surface area contributed by atoms with E-state index in [9.17, 15) is 0 Å². The van der Waals surface area contributed by atoms with Crippen molar-refractivity contribution < 1.29 is 0 Å². The topological polar surface area (TPSA) is 53.6 Å². The smallest absolute Gasteiger partial charge is 0.148 e. The number of thiophene rings is 1. The summed E-state index contributed by atoms with van der Waals surface area (Å²) in [5.41, 5.74) is 5.87. The number of benzene rings is 2. The fourth-order valence-electron chi connectivity index (χ4n) is 3.54. The average molecular weight is 411 g/mol. The van der Waals surface area contributed by atoms with Gasteiger partial charge in [-0.3, -0.25) is 4.98 Å². The van der Waals surface area contributed by atoms with Crippen molar-refractivity contribution >= 4 is 22.4 Å². The summed E-state index contributed by atoms with van der Waals surface area (Å²) >= 11 is 1.77. The lowest BCUT2D eigenvalue weighted by atomic mass is 10.1. The van der Waals surface area contributed by atoms with Gasteiger partial charge >= 0.3 is 0 Å². The van der Waals surface area contributed by atoms with Crippen molar-refractivity contribution in [3.8, 4) is 21.1 Å². The van der Waals surface area contributed by atoms with Crippen LogP contribution in [0.5, 0.6) is 0 Å². The maximum Gasteiger partial charge on any atom is 0.148 e. The Morgan fingerprint density at radius 2 is 1.77 bits per heavy atom. The number of hydrogen-bond donors (Lipinski definition) is 2. The number of pyridine rings is 1. The molecule has 30 heavy (non-hydrogen) atoms. The molecule has 0 unspecified atom stereocenters. The minimum absolute atomic E-state index is 0.857. The summed E-state index contributed by atoms with van der Waals surface area (Å²) in [5, 5.41) is 3.54. The van der Waals surface area contributed by atoms with Gasteiger partial charge in [0.1, 0.15) is 5.82 Å². The molecule has 0 atom stereocenters. The van der Waals surface area contributed by atoms with Crippen LogP contribution >= 0.6 is 11.3 Å². The largest absolute Gasteiger partial charge is 0.337 e. The van der Waals surface area contributed by atoms with E-state index >= 15 is 0 Å². The molecule has 5 rings (SSSR count). The van der Waals surface area contributed by atoms with Crippen LogP contribution in [0.2, 0.25) is 0 Å². The van der Waals surface area contributed by atoms with Gasteiger partial charge in [-0.2, -0.15) is 0 Å². The van der Waals surface area contributed by atoms with Crippen LogP contribution in [0.3, 0.4) is 0 Å². The quantitative estimate of drug-likeness (QED) is 0.339. The normalized spacial score (nSPS) is 11.2. The van der Waals surface area contributed by atoms with Crippen molar-refractivity contribution in [3.63, 3.8) is 0 Å². The summed E-state index contributed by atoms with van der Waals surface area (Å²) in [6.45, 7) is 1.79. The van der Waals surface area contributed by atoms with Crippen LogP contribution in [0.4, 0.5) is 0 Å². The molecule has 0 saturated carbocycles. The molecule has 3 heterocycles. The molecule has 2 N–H and O–H groups in total. The summed E-state index contributed by atoms with van der Waals surface area (Å²) in [5.74, 6) is 0.931. The van der Waals surface area contributed by atoms with E-state index in [0.717, 1.165) is 41.2 Å². The van der Waals surface area contributed by atoms with Crippen molar-refractivity contribution in [2.24, 2.45) is 0 Å². The second-order valence-corrected chi connectivity index (χ2v) is 8.34. The minimum Gasteiger partial charge on any atom is -0.337 e. The van der Waals surface area contributed by atoms with E-state index in [2.05, 4.69) is 63.8 Å². The van der Waals surface area contributed by atoms with Crippen molar-refractivity contribution in [3.05, 3.63) is 96.3 Å². The SMILES string of the molecule is c1cncc(CCNCc2cccc(-c3ccc(-c4nc5ccccc5[nH]4)s3)c2)c1. The van der Waals surface area contributed by atoms with E-state index in [1.807, 2.05) is 36.7 Å². The zero-order chi connectivity index (χ0) is 20.2. The van der Waals surface area contributed by atoms with Crippen molar-refractivity contribution in [2.75, 3.05) is 6.54 Å². The molecule has 0 bridgehead atoms. The zero-order valence-electron chi connectivity index (χ0n) is 16.5. The number of hydrogen-bond acceptors (Lipinski definition) is 4. The predicted octanol–water partition coefficient (Wildman–Crippen LogP) is 5.69. The van der Waals surface area contributed by atoms with E-state index in [0.29, 0.717) is 0 Å². The molecule has 5 aromatic rings. The molecule has 4 nitrogen and oxygen atoms in total. The highest BCUT2D eigenvalue weighted by atomic mass is 32.1. The first kappa shape index (κ1) is 18.7. The third-order valence-electron chi connectivity index (χ3n) is 5.08. The molecule has 0 saturated heterocycles. The van der Waals surface area contributed by atoms with Gasteiger partial charge in [0, 0.05) is 23.8 Å². The Morgan fingerprint density at radius 3 is 2.67 bits per heavy atom. The predicted molar refractivity (Wildman–Crippen MR) is 124 cm³/mol. The number of aromatic nitrogens is 3. The van der Waals surface area contributed by atoms with Gasteiger partial charge in [-0.25, -0.2) is 4.98 Å². The van der Waals surface area contributed by atoms with Gasteiger partial charge in [-0.05, 0) is 66.1 Å². The van der Waals surface area contributed by atoms with Crippen molar-refractivity contribution in [2.45, 2.75) is 13.0 Å². The molecular weight excluding hydrogens is 388 g/mol. The van der Waals surface area contributed by atoms with Gasteiger partial charge in [-0.15, -0.1) is 11.3 Å². The molecule has 148 valence electrons. The fraction of sp³-hybridized carbons (Fsp3) is 0.120. The summed E-state index contributed by atoms with van der Waals surface area (Å²) in [4.78, 5) is 14.7. The number of para-hydroxylation sites is 2. The second-order valence-electron chi connectivity index (χ2n) is 7.25. The number of rotatable bonds is 7. The number of fused-ring (bicyclic) bond motifs is 1. The molecule has 2 aromatic carbocycles. The number of imidazole rings is 1. The Labute approximate surface area is 179 Å². The Kier molecular flexibility index (Phi) is 5.38. The van der Waals surface area contributed by atoms with Crippen LogP contribution < -0.4 is 5.32 Å². The maximum absolute atomic E-state index is 4.72. The molecule has 0 amide bonds. The summed E-state index contributed by atoms with van der Waals surface area (Å²) in [6.07, 6.45) is 4.73. The van der Waals surface area contributed by atoms with Crippen LogP contribution in [0, 0.1) is 0 Å². The molecule has 0 spiro atoms. The first-order chi connectivity index (χ1) is 14.8. The van der Waals surface area contributed by atoms with Gasteiger partial charge in [-0.1, -0.05) is 36.4 Å². The van der Waals surface area contributed by atoms with Gasteiger partial charge in [0.05, 0.1) is 15.9 Å². The maximum atomic E-state index is 4.72. The molecule has 0 radical (unpaired) electrons. The Bertz CT molecular complexity index is 1220. The first-order valence-electron chi connectivity index (χ1n) is 10.1. The number of H-pyrrole nitrogens is 1. The lowest BCUT2D eigenvalue weighted by Crippen LogP contribution is -2.16. The number of aromatic amines is 1. The Hall–Kier alpha value is -3.28. The van der Waals surface area contributed by atoms with Crippen molar-refractivity contribution in [1.29, 1.82) is 0 Å². The van der Waals surface area contributed by atoms with Crippen LogP contribution in [0.25, 0.3) is 32.2 Å². The van der Waals surface area contributed by atoms with Crippen LogP contribution in [0.1, 0.15) is 11.1 Å². The lowest BCUT2D eigenvalue weighted by molar-refractivity contribution is 0.686. The highest BCUT2D eigenvalue weighted by molar-refractivity contribution is 7.18. The van der Waals surface area contributed by atoms with E-state index in [1.54, 1.807) is 11.3 Å². The second kappa shape index (κ2) is 8.61. The zero-order valence-corrected chi connectivity index (χ0v) is 17.3. The molecular formula is C25H22N4S. The van der Waals surface area contributed by atoms with E-state index in [1.165, 1.54) is 21.6 Å². The van der Waals surface area contributed by atoms with Gasteiger partial charge in [0.25, 0.3) is 0 Å². The Morgan fingerprint density at radius 1 is 0.867 bits per heavy atom. The molecule has 0 aliphatic carbocycles. The highest BCUT2D eigenvalue weighted by Crippen LogP contribution is 2.34. The van der Waals surface area contributed by atoms with Gasteiger partial charge in [0.15, 0.2) is 0 Å². The van der Waals surface area contributed by atoms with Crippen molar-refractivity contribution in [1.82, 2.24) is 20.3 Å². The molecule has 5 heteroatoms.